The van der Waals surface area contributed by atoms with Crippen LogP contribution in [0.3, 0.4) is 0 Å². The molecule has 176 valence electrons. The summed E-state index contributed by atoms with van der Waals surface area (Å²) < 4.78 is 11.7. The predicted molar refractivity (Wildman–Crippen MR) is 134 cm³/mol. The topological polar surface area (TPSA) is 44.2 Å². The monoisotopic (exact) mass is 438 g/mol. The van der Waals surface area contributed by atoms with Crippen LogP contribution >= 0.6 is 0 Å². The fraction of sp³-hybridized carbons (Fsp3) is 0.571. The summed E-state index contributed by atoms with van der Waals surface area (Å²) in [5.41, 5.74) is 2.38. The lowest BCUT2D eigenvalue weighted by Crippen LogP contribution is -2.04. The van der Waals surface area contributed by atoms with Crippen molar-refractivity contribution >= 4 is 0 Å². The second-order valence-corrected chi connectivity index (χ2v) is 8.98. The largest absolute Gasteiger partial charge is 0.494 e. The number of aromatic nitrogens is 2. The third-order valence-corrected chi connectivity index (χ3v) is 5.60. The fourth-order valence-corrected chi connectivity index (χ4v) is 3.49. The summed E-state index contributed by atoms with van der Waals surface area (Å²) in [6, 6.07) is 8.02. The van der Waals surface area contributed by atoms with Crippen LogP contribution in [0.2, 0.25) is 0 Å². The lowest BCUT2D eigenvalue weighted by Gasteiger charge is -2.12. The van der Waals surface area contributed by atoms with Crippen LogP contribution < -0.4 is 9.47 Å². The normalized spacial score (nSPS) is 11.8. The van der Waals surface area contributed by atoms with Crippen molar-refractivity contribution in [2.75, 3.05) is 13.2 Å². The molecule has 2 aromatic rings. The first-order chi connectivity index (χ1) is 15.6. The maximum Gasteiger partial charge on any atom is 0.159 e. The minimum atomic E-state index is 0.667. The molecule has 32 heavy (non-hydrogen) atoms. The summed E-state index contributed by atoms with van der Waals surface area (Å²) >= 11 is 0. The Morgan fingerprint density at radius 1 is 0.844 bits per heavy atom. The molecule has 0 bridgehead atoms. The zero-order valence-corrected chi connectivity index (χ0v) is 20.6. The number of benzene rings is 1. The second kappa shape index (κ2) is 15.4. The van der Waals surface area contributed by atoms with Crippen molar-refractivity contribution < 1.29 is 9.47 Å². The first kappa shape index (κ1) is 25.9. The zero-order chi connectivity index (χ0) is 23.0. The molecule has 4 nitrogen and oxygen atoms in total. The molecule has 0 N–H and O–H groups in total. The highest BCUT2D eigenvalue weighted by Gasteiger charge is 2.05. The van der Waals surface area contributed by atoms with Crippen molar-refractivity contribution in [2.45, 2.75) is 85.5 Å². The maximum absolute atomic E-state index is 5.92. The van der Waals surface area contributed by atoms with Gasteiger partial charge in [0.2, 0.25) is 0 Å². The molecular formula is C28H42N2O2. The lowest BCUT2D eigenvalue weighted by molar-refractivity contribution is 0.279. The van der Waals surface area contributed by atoms with Crippen molar-refractivity contribution in [3.63, 3.8) is 0 Å². The van der Waals surface area contributed by atoms with Crippen LogP contribution in [0, 0.1) is 5.92 Å². The van der Waals surface area contributed by atoms with Gasteiger partial charge >= 0.3 is 0 Å². The van der Waals surface area contributed by atoms with Gasteiger partial charge in [0.1, 0.15) is 5.75 Å². The van der Waals surface area contributed by atoms with Crippen molar-refractivity contribution in [3.8, 4) is 22.9 Å². The van der Waals surface area contributed by atoms with Gasteiger partial charge in [-0.3, -0.25) is 0 Å². The first-order valence-corrected chi connectivity index (χ1v) is 12.4. The summed E-state index contributed by atoms with van der Waals surface area (Å²) in [5.74, 6) is 3.00. The van der Waals surface area contributed by atoms with Gasteiger partial charge in [0.15, 0.2) is 11.6 Å². The zero-order valence-electron chi connectivity index (χ0n) is 20.6. The van der Waals surface area contributed by atoms with E-state index in [-0.39, 0.29) is 0 Å². The SMILES string of the molecule is CCCCCCCCOc1cnc(-c2ccc(OCC[C@@H](C)CCC=C(C)C)cc2)nc1. The summed E-state index contributed by atoms with van der Waals surface area (Å²) in [6.07, 6.45) is 16.8. The number of hydrogen-bond donors (Lipinski definition) is 0. The van der Waals surface area contributed by atoms with E-state index in [9.17, 15) is 0 Å². The van der Waals surface area contributed by atoms with Gasteiger partial charge in [0, 0.05) is 5.56 Å². The molecule has 0 fully saturated rings. The number of rotatable bonds is 16. The summed E-state index contributed by atoms with van der Waals surface area (Å²) in [5, 5.41) is 0. The molecule has 0 radical (unpaired) electrons. The third-order valence-electron chi connectivity index (χ3n) is 5.60. The standard InChI is InChI=1S/C28H42N2O2/c1-5-6-7-8-9-10-19-31-27-21-29-28(30-22-27)25-14-16-26(17-15-25)32-20-18-24(4)13-11-12-23(2)3/h12,14-17,21-22,24H,5-11,13,18-20H2,1-4H3/t24-/m0/s1. The maximum atomic E-state index is 5.92. The summed E-state index contributed by atoms with van der Waals surface area (Å²) in [7, 11) is 0. The summed E-state index contributed by atoms with van der Waals surface area (Å²) in [4.78, 5) is 8.93. The van der Waals surface area contributed by atoms with E-state index in [4.69, 9.17) is 9.47 Å². The van der Waals surface area contributed by atoms with Gasteiger partial charge in [-0.05, 0) is 69.7 Å². The van der Waals surface area contributed by atoms with Crippen LogP contribution in [0.1, 0.15) is 85.5 Å². The van der Waals surface area contributed by atoms with Gasteiger partial charge in [-0.1, -0.05) is 57.6 Å². The average molecular weight is 439 g/mol. The van der Waals surface area contributed by atoms with Crippen molar-refractivity contribution in [2.24, 2.45) is 5.92 Å². The molecule has 2 rings (SSSR count). The van der Waals surface area contributed by atoms with Crippen LogP contribution in [0.5, 0.6) is 11.5 Å². The molecule has 1 aromatic carbocycles. The third kappa shape index (κ3) is 10.8. The van der Waals surface area contributed by atoms with Crippen LogP contribution in [0.25, 0.3) is 11.4 Å². The van der Waals surface area contributed by atoms with E-state index in [0.29, 0.717) is 11.7 Å². The second-order valence-electron chi connectivity index (χ2n) is 8.98. The number of ether oxygens (including phenoxy) is 2. The van der Waals surface area contributed by atoms with Crippen LogP contribution in [-0.2, 0) is 0 Å². The van der Waals surface area contributed by atoms with Gasteiger partial charge in [0.25, 0.3) is 0 Å². The fourth-order valence-electron chi connectivity index (χ4n) is 3.49. The van der Waals surface area contributed by atoms with Gasteiger partial charge in [-0.15, -0.1) is 0 Å². The Bertz CT molecular complexity index is 765. The van der Waals surface area contributed by atoms with E-state index in [1.54, 1.807) is 12.4 Å². The van der Waals surface area contributed by atoms with Crippen LogP contribution in [0.15, 0.2) is 48.3 Å². The molecule has 0 spiro atoms. The lowest BCUT2D eigenvalue weighted by atomic mass is 10.0. The van der Waals surface area contributed by atoms with Gasteiger partial charge < -0.3 is 9.47 Å². The highest BCUT2D eigenvalue weighted by molar-refractivity contribution is 5.56. The average Bonchev–Trinajstić information content (AvgIpc) is 2.79. The van der Waals surface area contributed by atoms with E-state index in [1.165, 1.54) is 44.1 Å². The number of hydrogen-bond acceptors (Lipinski definition) is 4. The molecule has 0 saturated carbocycles. The molecular weight excluding hydrogens is 396 g/mol. The Balaban J connectivity index is 1.69. The Kier molecular flexibility index (Phi) is 12.5. The minimum Gasteiger partial charge on any atom is -0.494 e. The molecule has 0 aliphatic heterocycles. The van der Waals surface area contributed by atoms with E-state index in [0.717, 1.165) is 49.5 Å². The molecule has 1 aromatic heterocycles. The molecule has 4 heteroatoms. The highest BCUT2D eigenvalue weighted by atomic mass is 16.5. The first-order valence-electron chi connectivity index (χ1n) is 12.4. The van der Waals surface area contributed by atoms with Gasteiger partial charge in [0.05, 0.1) is 25.6 Å². The molecule has 0 amide bonds. The molecule has 1 atom stereocenters. The minimum absolute atomic E-state index is 0.667. The van der Waals surface area contributed by atoms with E-state index in [1.807, 2.05) is 24.3 Å². The highest BCUT2D eigenvalue weighted by Crippen LogP contribution is 2.21. The van der Waals surface area contributed by atoms with Gasteiger partial charge in [-0.2, -0.15) is 0 Å². The molecule has 1 heterocycles. The Hall–Kier alpha value is -2.36. The van der Waals surface area contributed by atoms with Crippen molar-refractivity contribution in [3.05, 3.63) is 48.3 Å². The predicted octanol–water partition coefficient (Wildman–Crippen LogP) is 8.03. The van der Waals surface area contributed by atoms with Crippen molar-refractivity contribution in [1.29, 1.82) is 0 Å². The van der Waals surface area contributed by atoms with E-state index < -0.39 is 0 Å². The molecule has 0 aliphatic rings. The Morgan fingerprint density at radius 2 is 1.50 bits per heavy atom. The molecule has 0 saturated heterocycles. The van der Waals surface area contributed by atoms with Crippen LogP contribution in [-0.4, -0.2) is 23.2 Å². The molecule has 0 unspecified atom stereocenters. The number of nitrogens with zero attached hydrogens (tertiary/aromatic N) is 2. The van der Waals surface area contributed by atoms with Crippen LogP contribution in [0.4, 0.5) is 0 Å². The van der Waals surface area contributed by atoms with Gasteiger partial charge in [-0.25, -0.2) is 9.97 Å². The molecule has 0 aliphatic carbocycles. The number of unbranched alkanes of at least 4 members (excludes halogenated alkanes) is 5. The Labute approximate surface area is 195 Å². The van der Waals surface area contributed by atoms with Crippen molar-refractivity contribution in [1.82, 2.24) is 9.97 Å². The van der Waals surface area contributed by atoms with E-state index in [2.05, 4.69) is 43.7 Å². The quantitative estimate of drug-likeness (QED) is 0.196. The number of allylic oxidation sites excluding steroid dienone is 2. The van der Waals surface area contributed by atoms with E-state index >= 15 is 0 Å². The Morgan fingerprint density at radius 3 is 2.19 bits per heavy atom. The smallest absolute Gasteiger partial charge is 0.159 e. The summed E-state index contributed by atoms with van der Waals surface area (Å²) in [6.45, 7) is 10.3.